The van der Waals surface area contributed by atoms with Gasteiger partial charge in [0, 0.05) is 28.4 Å². The summed E-state index contributed by atoms with van der Waals surface area (Å²) in [5.41, 5.74) is 2.04. The van der Waals surface area contributed by atoms with Crippen molar-refractivity contribution in [2.75, 3.05) is 0 Å². The summed E-state index contributed by atoms with van der Waals surface area (Å²) in [4.78, 5) is 16.9. The monoisotopic (exact) mass is 269 g/mol. The Kier molecular flexibility index (Phi) is 3.09. The second kappa shape index (κ2) is 4.27. The summed E-state index contributed by atoms with van der Waals surface area (Å²) in [7, 11) is 0. The van der Waals surface area contributed by atoms with Crippen LogP contribution in [-0.2, 0) is 12.0 Å². The Labute approximate surface area is 108 Å². The number of imidazole rings is 1. The summed E-state index contributed by atoms with van der Waals surface area (Å²) in [6.45, 7) is 7.01. The minimum Gasteiger partial charge on any atom is -0.337 e. The van der Waals surface area contributed by atoms with E-state index in [0.29, 0.717) is 11.3 Å². The first-order valence-corrected chi connectivity index (χ1v) is 6.62. The van der Waals surface area contributed by atoms with Gasteiger partial charge in [-0.05, 0) is 12.2 Å². The van der Waals surface area contributed by atoms with Crippen molar-refractivity contribution >= 4 is 23.6 Å². The summed E-state index contributed by atoms with van der Waals surface area (Å²) >= 11 is 6.44. The van der Waals surface area contributed by atoms with Gasteiger partial charge in [-0.1, -0.05) is 32.1 Å². The predicted octanol–water partition coefficient (Wildman–Crippen LogP) is 2.64. The summed E-state index contributed by atoms with van der Waals surface area (Å²) < 4.78 is 2.70. The molecule has 0 spiro atoms. The van der Waals surface area contributed by atoms with E-state index in [0.717, 1.165) is 11.4 Å². The van der Waals surface area contributed by atoms with Gasteiger partial charge >= 0.3 is 4.87 Å². The summed E-state index contributed by atoms with van der Waals surface area (Å²) in [6.07, 6.45) is 1.94. The number of thiazole rings is 1. The first kappa shape index (κ1) is 12.3. The van der Waals surface area contributed by atoms with E-state index < -0.39 is 0 Å². The molecule has 6 heteroatoms. The van der Waals surface area contributed by atoms with Crippen LogP contribution in [-0.4, -0.2) is 14.5 Å². The summed E-state index contributed by atoms with van der Waals surface area (Å²) in [5, 5.41) is 1.84. The lowest BCUT2D eigenvalue weighted by Crippen LogP contribution is -2.18. The third-order valence-electron chi connectivity index (χ3n) is 2.54. The molecule has 0 aliphatic rings. The van der Waals surface area contributed by atoms with Crippen LogP contribution in [0.4, 0.5) is 0 Å². The topological polar surface area (TPSA) is 53.6 Å². The second-order valence-electron chi connectivity index (χ2n) is 4.99. The zero-order chi connectivity index (χ0) is 12.6. The van der Waals surface area contributed by atoms with Crippen LogP contribution in [0.25, 0.3) is 0 Å². The maximum atomic E-state index is 11.1. The average Bonchev–Trinajstić information content (AvgIpc) is 2.74. The molecule has 92 valence electrons. The predicted molar refractivity (Wildman–Crippen MR) is 72.4 cm³/mol. The van der Waals surface area contributed by atoms with E-state index in [1.54, 1.807) is 0 Å². The Morgan fingerprint density at radius 2 is 2.18 bits per heavy atom. The van der Waals surface area contributed by atoms with E-state index in [9.17, 15) is 4.79 Å². The van der Waals surface area contributed by atoms with E-state index in [2.05, 4.69) is 30.7 Å². The normalized spacial score (nSPS) is 11.9. The average molecular weight is 269 g/mol. The molecular weight excluding hydrogens is 254 g/mol. The van der Waals surface area contributed by atoms with Gasteiger partial charge in [-0.15, -0.1) is 0 Å². The number of H-pyrrole nitrogens is 2. The molecule has 0 atom stereocenters. The molecule has 2 aromatic rings. The van der Waals surface area contributed by atoms with Gasteiger partial charge in [-0.25, -0.2) is 0 Å². The Bertz CT molecular complexity index is 624. The number of hydrogen-bond donors (Lipinski definition) is 2. The number of rotatable bonds is 2. The maximum Gasteiger partial charge on any atom is 0.304 e. The van der Waals surface area contributed by atoms with Crippen LogP contribution in [0, 0.1) is 4.77 Å². The molecule has 2 rings (SSSR count). The second-order valence-corrected chi connectivity index (χ2v) is 6.22. The summed E-state index contributed by atoms with van der Waals surface area (Å²) in [5.74, 6) is 0. The number of aromatic nitrogens is 3. The largest absolute Gasteiger partial charge is 0.337 e. The number of nitrogens with zero attached hydrogens (tertiary/aromatic N) is 1. The van der Waals surface area contributed by atoms with Crippen LogP contribution in [0.1, 0.15) is 32.2 Å². The van der Waals surface area contributed by atoms with Gasteiger partial charge in [-0.3, -0.25) is 4.79 Å². The van der Waals surface area contributed by atoms with Crippen LogP contribution < -0.4 is 4.87 Å². The van der Waals surface area contributed by atoms with Crippen molar-refractivity contribution in [3.05, 3.63) is 37.4 Å². The third-order valence-corrected chi connectivity index (χ3v) is 3.59. The maximum absolute atomic E-state index is 11.1. The quantitative estimate of drug-likeness (QED) is 0.824. The molecule has 0 aliphatic heterocycles. The highest BCUT2D eigenvalue weighted by Crippen LogP contribution is 2.22. The fraction of sp³-hybridized carbons (Fsp3) is 0.455. The van der Waals surface area contributed by atoms with Crippen LogP contribution in [0.3, 0.4) is 0 Å². The minimum atomic E-state index is -0.0284. The molecule has 0 saturated carbocycles. The Morgan fingerprint density at radius 1 is 1.47 bits per heavy atom. The van der Waals surface area contributed by atoms with E-state index in [1.165, 1.54) is 11.3 Å². The highest BCUT2D eigenvalue weighted by atomic mass is 32.1. The van der Waals surface area contributed by atoms with Crippen LogP contribution in [0.2, 0.25) is 0 Å². The van der Waals surface area contributed by atoms with E-state index in [-0.39, 0.29) is 10.3 Å². The van der Waals surface area contributed by atoms with Crippen LogP contribution in [0.5, 0.6) is 0 Å². The van der Waals surface area contributed by atoms with Crippen molar-refractivity contribution in [2.24, 2.45) is 0 Å². The molecule has 0 aromatic carbocycles. The number of nitrogens with one attached hydrogen (secondary N) is 2. The Morgan fingerprint density at radius 3 is 2.71 bits per heavy atom. The van der Waals surface area contributed by atoms with E-state index >= 15 is 0 Å². The molecule has 2 heterocycles. The van der Waals surface area contributed by atoms with Crippen molar-refractivity contribution in [1.29, 1.82) is 0 Å². The summed E-state index contributed by atoms with van der Waals surface area (Å²) in [6, 6.07) is 0. The zero-order valence-corrected chi connectivity index (χ0v) is 11.7. The molecule has 2 N–H and O–H groups in total. The highest BCUT2D eigenvalue weighted by molar-refractivity contribution is 7.71. The van der Waals surface area contributed by atoms with Gasteiger partial charge in [0.15, 0.2) is 4.77 Å². The zero-order valence-electron chi connectivity index (χ0n) is 10.0. The first-order chi connectivity index (χ1) is 7.88. The Hall–Kier alpha value is -1.14. The molecule has 0 unspecified atom stereocenters. The smallest absolute Gasteiger partial charge is 0.304 e. The van der Waals surface area contributed by atoms with Gasteiger partial charge in [0.1, 0.15) is 0 Å². The van der Waals surface area contributed by atoms with Gasteiger partial charge in [0.05, 0.1) is 6.54 Å². The molecule has 0 amide bonds. The van der Waals surface area contributed by atoms with Gasteiger partial charge < -0.3 is 14.5 Å². The fourth-order valence-electron chi connectivity index (χ4n) is 1.74. The number of aromatic amines is 2. The van der Waals surface area contributed by atoms with Gasteiger partial charge in [-0.2, -0.15) is 0 Å². The van der Waals surface area contributed by atoms with E-state index in [4.69, 9.17) is 12.2 Å². The van der Waals surface area contributed by atoms with Gasteiger partial charge in [0.2, 0.25) is 0 Å². The van der Waals surface area contributed by atoms with Crippen molar-refractivity contribution in [2.45, 2.75) is 32.7 Å². The molecule has 0 bridgehead atoms. The molecule has 4 nitrogen and oxygen atoms in total. The molecule has 0 fully saturated rings. The lowest BCUT2D eigenvalue weighted by Gasteiger charge is -2.20. The number of hydrogen-bond acceptors (Lipinski definition) is 3. The van der Waals surface area contributed by atoms with Crippen molar-refractivity contribution in [3.8, 4) is 0 Å². The van der Waals surface area contributed by atoms with Crippen molar-refractivity contribution < 1.29 is 0 Å². The molecular formula is C11H15N3OS2. The van der Waals surface area contributed by atoms with E-state index in [1.807, 2.05) is 16.1 Å². The SMILES string of the molecule is CC(C)(C)c1c[nH]c(=S)n1Cc1csc(=O)[nH]1. The third kappa shape index (κ3) is 2.58. The van der Waals surface area contributed by atoms with Crippen molar-refractivity contribution in [1.82, 2.24) is 14.5 Å². The first-order valence-electron chi connectivity index (χ1n) is 5.33. The molecule has 2 aromatic heterocycles. The van der Waals surface area contributed by atoms with Gasteiger partial charge in [0.25, 0.3) is 0 Å². The molecule has 17 heavy (non-hydrogen) atoms. The van der Waals surface area contributed by atoms with Crippen LogP contribution in [0.15, 0.2) is 16.4 Å². The van der Waals surface area contributed by atoms with Crippen LogP contribution >= 0.6 is 23.6 Å². The molecule has 0 saturated heterocycles. The van der Waals surface area contributed by atoms with Crippen molar-refractivity contribution in [3.63, 3.8) is 0 Å². The standard InChI is InChI=1S/C11H15N3OS2/c1-11(2,3)8-4-12-9(16)14(8)5-7-6-17-10(15)13-7/h4,6H,5H2,1-3H3,(H,12,16)(H,13,15). The Balaban J connectivity index is 2.42. The lowest BCUT2D eigenvalue weighted by molar-refractivity contribution is 0.527. The fourth-order valence-corrected chi connectivity index (χ4v) is 2.53. The highest BCUT2D eigenvalue weighted by Gasteiger charge is 2.19. The molecule has 0 aliphatic carbocycles. The molecule has 0 radical (unpaired) electrons. The minimum absolute atomic E-state index is 0.0177. The lowest BCUT2D eigenvalue weighted by atomic mass is 9.92.